The Bertz CT molecular complexity index is 383. The molecule has 1 aliphatic rings. The van der Waals surface area contributed by atoms with E-state index in [1.54, 1.807) is 6.07 Å². The minimum Gasteiger partial charge on any atom is -0.452 e. The van der Waals surface area contributed by atoms with Gasteiger partial charge in [0.2, 0.25) is 5.22 Å². The van der Waals surface area contributed by atoms with Gasteiger partial charge in [0.15, 0.2) is 0 Å². The van der Waals surface area contributed by atoms with Gasteiger partial charge in [-0.25, -0.2) is 0 Å². The zero-order valence-electron chi connectivity index (χ0n) is 9.49. The maximum absolute atomic E-state index is 11.7. The summed E-state index contributed by atoms with van der Waals surface area (Å²) >= 11 is 5.71. The average molecular weight is 258 g/mol. The third-order valence-electron chi connectivity index (χ3n) is 3.23. The van der Waals surface area contributed by atoms with Crippen molar-refractivity contribution >= 4 is 17.5 Å². The number of aliphatic hydroxyl groups excluding tert-OH is 1. The van der Waals surface area contributed by atoms with Crippen LogP contribution in [-0.4, -0.2) is 23.7 Å². The van der Waals surface area contributed by atoms with Crippen molar-refractivity contribution in [3.8, 4) is 0 Å². The molecule has 1 heterocycles. The number of rotatable bonds is 3. The van der Waals surface area contributed by atoms with Gasteiger partial charge in [0.05, 0.1) is 17.9 Å². The Hall–Kier alpha value is -1.00. The zero-order valence-corrected chi connectivity index (χ0v) is 10.2. The van der Waals surface area contributed by atoms with Crippen LogP contribution in [0.1, 0.15) is 36.0 Å². The number of hydrogen-bond acceptors (Lipinski definition) is 3. The van der Waals surface area contributed by atoms with Gasteiger partial charge in [-0.05, 0) is 49.3 Å². The van der Waals surface area contributed by atoms with Crippen LogP contribution >= 0.6 is 11.6 Å². The van der Waals surface area contributed by atoms with E-state index in [1.165, 1.54) is 6.26 Å². The lowest BCUT2D eigenvalue weighted by molar-refractivity contribution is 0.0910. The lowest BCUT2D eigenvalue weighted by Crippen LogP contribution is -2.32. The smallest absolute Gasteiger partial charge is 0.256 e. The summed E-state index contributed by atoms with van der Waals surface area (Å²) in [6, 6.07) is 1.56. The van der Waals surface area contributed by atoms with E-state index in [2.05, 4.69) is 5.32 Å². The van der Waals surface area contributed by atoms with Crippen molar-refractivity contribution in [3.05, 3.63) is 23.1 Å². The Morgan fingerprint density at radius 2 is 2.18 bits per heavy atom. The number of furan rings is 1. The largest absolute Gasteiger partial charge is 0.452 e. The number of nitrogens with one attached hydrogen (secondary N) is 1. The Kier molecular flexibility index (Phi) is 4.07. The first-order valence-electron chi connectivity index (χ1n) is 5.86. The lowest BCUT2D eigenvalue weighted by Gasteiger charge is -2.25. The standard InChI is InChI=1S/C12H16ClNO3/c13-11-10(5-6-17-11)12(16)14-7-8-1-3-9(15)4-2-8/h5-6,8-9,15H,1-4,7H2,(H,14,16). The summed E-state index contributed by atoms with van der Waals surface area (Å²) in [7, 11) is 0. The number of amides is 1. The molecule has 2 rings (SSSR count). The molecule has 0 aliphatic heterocycles. The molecule has 1 aromatic heterocycles. The highest BCUT2D eigenvalue weighted by atomic mass is 35.5. The summed E-state index contributed by atoms with van der Waals surface area (Å²) in [5.41, 5.74) is 0.377. The van der Waals surface area contributed by atoms with Crippen LogP contribution < -0.4 is 5.32 Å². The average Bonchev–Trinajstić information content (AvgIpc) is 2.74. The van der Waals surface area contributed by atoms with Gasteiger partial charge in [-0.2, -0.15) is 0 Å². The molecule has 2 N–H and O–H groups in total. The molecule has 0 atom stereocenters. The fraction of sp³-hybridized carbons (Fsp3) is 0.583. The monoisotopic (exact) mass is 257 g/mol. The molecule has 0 bridgehead atoms. The predicted molar refractivity (Wildman–Crippen MR) is 64.0 cm³/mol. The van der Waals surface area contributed by atoms with Gasteiger partial charge < -0.3 is 14.8 Å². The molecule has 1 aromatic rings. The normalized spacial score (nSPS) is 24.6. The molecular formula is C12H16ClNO3. The van der Waals surface area contributed by atoms with Gasteiger partial charge in [0.1, 0.15) is 0 Å². The van der Waals surface area contributed by atoms with Gasteiger partial charge in [-0.1, -0.05) is 0 Å². The first kappa shape index (κ1) is 12.5. The van der Waals surface area contributed by atoms with Crippen LogP contribution in [0.4, 0.5) is 0 Å². The SMILES string of the molecule is O=C(NCC1CCC(O)CC1)c1ccoc1Cl. The topological polar surface area (TPSA) is 62.5 Å². The van der Waals surface area contributed by atoms with Crippen LogP contribution in [0.5, 0.6) is 0 Å². The van der Waals surface area contributed by atoms with E-state index in [0.29, 0.717) is 18.0 Å². The Morgan fingerprint density at radius 1 is 1.47 bits per heavy atom. The van der Waals surface area contributed by atoms with Crippen LogP contribution in [0.2, 0.25) is 5.22 Å². The van der Waals surface area contributed by atoms with E-state index in [-0.39, 0.29) is 17.2 Å². The summed E-state index contributed by atoms with van der Waals surface area (Å²) in [4.78, 5) is 11.7. The molecule has 1 aliphatic carbocycles. The molecule has 0 unspecified atom stereocenters. The maximum atomic E-state index is 11.7. The van der Waals surface area contributed by atoms with Crippen molar-refractivity contribution < 1.29 is 14.3 Å². The van der Waals surface area contributed by atoms with Crippen molar-refractivity contribution in [1.29, 1.82) is 0 Å². The number of aliphatic hydroxyl groups is 1. The molecule has 1 saturated carbocycles. The van der Waals surface area contributed by atoms with E-state index in [1.807, 2.05) is 0 Å². The Morgan fingerprint density at radius 3 is 2.76 bits per heavy atom. The van der Waals surface area contributed by atoms with Gasteiger partial charge >= 0.3 is 0 Å². The van der Waals surface area contributed by atoms with Crippen LogP contribution in [-0.2, 0) is 0 Å². The molecule has 0 radical (unpaired) electrons. The van der Waals surface area contributed by atoms with Crippen LogP contribution in [0.15, 0.2) is 16.7 Å². The zero-order chi connectivity index (χ0) is 12.3. The van der Waals surface area contributed by atoms with Gasteiger partial charge in [-0.15, -0.1) is 0 Å². The molecule has 1 amide bonds. The quantitative estimate of drug-likeness (QED) is 0.873. The minimum atomic E-state index is -0.199. The van der Waals surface area contributed by atoms with Crippen LogP contribution in [0, 0.1) is 5.92 Å². The van der Waals surface area contributed by atoms with E-state index in [4.69, 9.17) is 16.0 Å². The molecular weight excluding hydrogens is 242 g/mol. The molecule has 94 valence electrons. The van der Waals surface area contributed by atoms with E-state index in [9.17, 15) is 9.90 Å². The Balaban J connectivity index is 1.79. The van der Waals surface area contributed by atoms with Gasteiger partial charge in [0.25, 0.3) is 5.91 Å². The summed E-state index contributed by atoms with van der Waals surface area (Å²) in [5.74, 6) is 0.253. The van der Waals surface area contributed by atoms with Gasteiger partial charge in [-0.3, -0.25) is 4.79 Å². The van der Waals surface area contributed by atoms with Crippen LogP contribution in [0.25, 0.3) is 0 Å². The van der Waals surface area contributed by atoms with Crippen molar-refractivity contribution in [1.82, 2.24) is 5.32 Å². The molecule has 0 spiro atoms. The van der Waals surface area contributed by atoms with Crippen molar-refractivity contribution in [2.24, 2.45) is 5.92 Å². The first-order chi connectivity index (χ1) is 8.16. The van der Waals surface area contributed by atoms with Crippen LogP contribution in [0.3, 0.4) is 0 Å². The number of halogens is 1. The van der Waals surface area contributed by atoms with Crippen molar-refractivity contribution in [2.75, 3.05) is 6.54 Å². The number of carbonyl (C=O) groups is 1. The Labute approximate surface area is 105 Å². The summed E-state index contributed by atoms with van der Waals surface area (Å²) < 4.78 is 4.86. The number of hydrogen-bond donors (Lipinski definition) is 2. The molecule has 17 heavy (non-hydrogen) atoms. The van der Waals surface area contributed by atoms with Crippen molar-refractivity contribution in [3.63, 3.8) is 0 Å². The summed E-state index contributed by atoms with van der Waals surface area (Å²) in [6.07, 6.45) is 4.81. The third-order valence-corrected chi connectivity index (χ3v) is 3.52. The third kappa shape index (κ3) is 3.23. The predicted octanol–water partition coefficient (Wildman–Crippen LogP) is 2.21. The lowest BCUT2D eigenvalue weighted by atomic mass is 9.87. The number of carbonyl (C=O) groups excluding carboxylic acids is 1. The van der Waals surface area contributed by atoms with E-state index in [0.717, 1.165) is 25.7 Å². The second kappa shape index (κ2) is 5.56. The van der Waals surface area contributed by atoms with Gasteiger partial charge in [0, 0.05) is 6.54 Å². The second-order valence-corrected chi connectivity index (χ2v) is 4.84. The summed E-state index contributed by atoms with van der Waals surface area (Å²) in [6.45, 7) is 0.632. The highest BCUT2D eigenvalue weighted by Crippen LogP contribution is 2.23. The molecule has 0 saturated heterocycles. The summed E-state index contributed by atoms with van der Waals surface area (Å²) in [5, 5.41) is 12.3. The highest BCUT2D eigenvalue weighted by Gasteiger charge is 2.20. The van der Waals surface area contributed by atoms with Crippen molar-refractivity contribution in [2.45, 2.75) is 31.8 Å². The molecule has 5 heteroatoms. The maximum Gasteiger partial charge on any atom is 0.256 e. The second-order valence-electron chi connectivity index (χ2n) is 4.49. The van der Waals surface area contributed by atoms with E-state index >= 15 is 0 Å². The molecule has 4 nitrogen and oxygen atoms in total. The highest BCUT2D eigenvalue weighted by molar-refractivity contribution is 6.32. The fourth-order valence-electron chi connectivity index (χ4n) is 2.14. The molecule has 1 fully saturated rings. The minimum absolute atomic E-state index is 0.126. The van der Waals surface area contributed by atoms with E-state index < -0.39 is 0 Å². The first-order valence-corrected chi connectivity index (χ1v) is 6.24. The fourth-order valence-corrected chi connectivity index (χ4v) is 2.34. The molecule has 0 aromatic carbocycles.